The summed E-state index contributed by atoms with van der Waals surface area (Å²) in [5.74, 6) is 0.330. The second kappa shape index (κ2) is 10.8. The van der Waals surface area contributed by atoms with Crippen molar-refractivity contribution in [2.24, 2.45) is 0 Å². The minimum atomic E-state index is -0.911. The number of carbonyl (C=O) groups is 2. The fourth-order valence-electron chi connectivity index (χ4n) is 6.32. The molecule has 0 fully saturated rings. The van der Waals surface area contributed by atoms with E-state index >= 15 is 0 Å². The molecular formula is C33H32Cl4O6. The van der Waals surface area contributed by atoms with Gasteiger partial charge in [-0.05, 0) is 56.2 Å². The van der Waals surface area contributed by atoms with Gasteiger partial charge in [-0.25, -0.2) is 4.79 Å². The van der Waals surface area contributed by atoms with Crippen LogP contribution in [-0.2, 0) is 10.8 Å². The monoisotopic (exact) mass is 664 g/mol. The van der Waals surface area contributed by atoms with Crippen molar-refractivity contribution < 1.29 is 28.5 Å². The van der Waals surface area contributed by atoms with Gasteiger partial charge in [-0.1, -0.05) is 74.1 Å². The lowest BCUT2D eigenvalue weighted by molar-refractivity contribution is -0.166. The van der Waals surface area contributed by atoms with E-state index in [9.17, 15) is 9.59 Å². The number of esters is 1. The van der Waals surface area contributed by atoms with Crippen LogP contribution in [0.2, 0.25) is 20.1 Å². The average Bonchev–Trinajstić information content (AvgIpc) is 2.87. The van der Waals surface area contributed by atoms with E-state index in [4.69, 9.17) is 65.4 Å². The lowest BCUT2D eigenvalue weighted by Crippen LogP contribution is -2.55. The minimum absolute atomic E-state index is 0.0577. The Hall–Kier alpha value is -2.64. The molecule has 0 aromatic heterocycles. The molecule has 2 aliphatic heterocycles. The number of ketones is 1. The molecule has 228 valence electrons. The Morgan fingerprint density at radius 2 is 1.14 bits per heavy atom. The summed E-state index contributed by atoms with van der Waals surface area (Å²) in [6.45, 7) is 13.7. The summed E-state index contributed by atoms with van der Waals surface area (Å²) in [6.07, 6.45) is 1.17. The number of fused-ring (bicyclic) bond motifs is 2. The number of aryl methyl sites for hydroxylation is 2. The van der Waals surface area contributed by atoms with Gasteiger partial charge >= 0.3 is 5.97 Å². The Morgan fingerprint density at radius 1 is 0.721 bits per heavy atom. The van der Waals surface area contributed by atoms with Crippen molar-refractivity contribution in [1.29, 1.82) is 0 Å². The quantitative estimate of drug-likeness (QED) is 0.120. The number of Topliss-reactive ketones (excluding diaryl/α,β-unsaturated/α-hetero) is 1. The first kappa shape index (κ1) is 31.8. The number of rotatable bonds is 4. The summed E-state index contributed by atoms with van der Waals surface area (Å²) >= 11 is 25.3. The molecule has 2 aliphatic rings. The van der Waals surface area contributed by atoms with Gasteiger partial charge in [0.15, 0.2) is 5.78 Å². The van der Waals surface area contributed by atoms with E-state index in [1.807, 2.05) is 19.1 Å². The van der Waals surface area contributed by atoms with Crippen LogP contribution in [-0.4, -0.2) is 24.6 Å². The van der Waals surface area contributed by atoms with Crippen LogP contribution in [0.25, 0.3) is 0 Å². The average molecular weight is 666 g/mol. The van der Waals surface area contributed by atoms with Crippen LogP contribution in [0.3, 0.4) is 0 Å². The molecule has 0 radical (unpaired) electrons. The van der Waals surface area contributed by atoms with Crippen molar-refractivity contribution in [2.45, 2.75) is 77.9 Å². The predicted molar refractivity (Wildman–Crippen MR) is 170 cm³/mol. The van der Waals surface area contributed by atoms with Gasteiger partial charge in [0.25, 0.3) is 5.79 Å². The van der Waals surface area contributed by atoms with Gasteiger partial charge in [0, 0.05) is 34.8 Å². The van der Waals surface area contributed by atoms with Crippen LogP contribution in [0, 0.1) is 13.8 Å². The number of carbonyl (C=O) groups excluding carboxylic acids is 2. The summed E-state index contributed by atoms with van der Waals surface area (Å²) in [6, 6.07) is 7.69. The molecule has 1 unspecified atom stereocenters. The fourth-order valence-corrected chi connectivity index (χ4v) is 7.59. The molecule has 0 saturated heterocycles. The van der Waals surface area contributed by atoms with Crippen LogP contribution in [0.15, 0.2) is 24.3 Å². The van der Waals surface area contributed by atoms with Crippen molar-refractivity contribution in [2.75, 3.05) is 7.11 Å². The van der Waals surface area contributed by atoms with Crippen molar-refractivity contribution in [3.8, 4) is 23.0 Å². The Kier molecular flexibility index (Phi) is 7.95. The van der Waals surface area contributed by atoms with Crippen molar-refractivity contribution >= 4 is 58.2 Å². The van der Waals surface area contributed by atoms with Crippen molar-refractivity contribution in [1.82, 2.24) is 0 Å². The topological polar surface area (TPSA) is 71.1 Å². The Labute approximate surface area is 271 Å². The predicted octanol–water partition coefficient (Wildman–Crippen LogP) is 9.86. The molecule has 0 aliphatic carbocycles. The summed E-state index contributed by atoms with van der Waals surface area (Å²) in [4.78, 5) is 25.4. The Morgan fingerprint density at radius 3 is 1.58 bits per heavy atom. The van der Waals surface area contributed by atoms with E-state index in [0.29, 0.717) is 29.9 Å². The Bertz CT molecular complexity index is 1680. The largest absolute Gasteiger partial charge is 0.496 e. The number of hydrogen-bond acceptors (Lipinski definition) is 6. The number of benzene rings is 3. The van der Waals surface area contributed by atoms with E-state index in [-0.39, 0.29) is 36.6 Å². The van der Waals surface area contributed by atoms with Crippen LogP contribution >= 0.6 is 46.4 Å². The standard InChI is InChI=1S/C33H32Cl4O6/c1-15-9-22-18(11-20(15)40-8)31(4,5)13-33(42-22)14-32(6,7)19-12-21(16(2)10-23(19)43-33)41-30(39)25-28(36)26(34)24(17(3)38)27(35)29(25)37/h9-12H,13-14H2,1-8H3. The molecular weight excluding hydrogens is 634 g/mol. The Balaban J connectivity index is 1.51. The van der Waals surface area contributed by atoms with E-state index in [1.54, 1.807) is 20.1 Å². The molecule has 2 heterocycles. The summed E-state index contributed by atoms with van der Waals surface area (Å²) in [5.41, 5.74) is 2.57. The number of halogens is 4. The van der Waals surface area contributed by atoms with Gasteiger partial charge < -0.3 is 18.9 Å². The molecule has 0 amide bonds. The van der Waals surface area contributed by atoms with Gasteiger partial charge in [-0.15, -0.1) is 0 Å². The minimum Gasteiger partial charge on any atom is -0.496 e. The zero-order valence-corrected chi connectivity index (χ0v) is 28.2. The highest BCUT2D eigenvalue weighted by Crippen LogP contribution is 2.55. The highest BCUT2D eigenvalue weighted by molar-refractivity contribution is 6.52. The molecule has 3 aromatic carbocycles. The molecule has 6 nitrogen and oxygen atoms in total. The van der Waals surface area contributed by atoms with E-state index < -0.39 is 23.0 Å². The maximum atomic E-state index is 13.4. The third-order valence-electron chi connectivity index (χ3n) is 8.27. The molecule has 1 spiro atoms. The van der Waals surface area contributed by atoms with Gasteiger partial charge in [-0.3, -0.25) is 4.79 Å². The second-order valence-electron chi connectivity index (χ2n) is 12.6. The molecule has 0 N–H and O–H groups in total. The molecule has 0 saturated carbocycles. The SMILES string of the molecule is COc1cc2c(cc1C)OC1(CC2(C)C)CC(C)(C)c2cc(OC(=O)c3c(Cl)c(Cl)c(C(C)=O)c(Cl)c3Cl)c(C)cc2O1. The van der Waals surface area contributed by atoms with E-state index in [0.717, 1.165) is 28.2 Å². The maximum Gasteiger partial charge on any atom is 0.346 e. The molecule has 0 bridgehead atoms. The third-order valence-corrected chi connectivity index (χ3v) is 9.97. The second-order valence-corrected chi connectivity index (χ2v) is 14.1. The number of ether oxygens (including phenoxy) is 4. The van der Waals surface area contributed by atoms with E-state index in [1.165, 1.54) is 6.92 Å². The van der Waals surface area contributed by atoms with Gasteiger partial charge in [0.2, 0.25) is 0 Å². The first-order valence-electron chi connectivity index (χ1n) is 13.7. The summed E-state index contributed by atoms with van der Waals surface area (Å²) in [7, 11) is 1.67. The first-order chi connectivity index (χ1) is 19.9. The molecule has 10 heteroatoms. The highest BCUT2D eigenvalue weighted by Gasteiger charge is 2.53. The molecule has 43 heavy (non-hydrogen) atoms. The maximum absolute atomic E-state index is 13.4. The molecule has 3 aromatic rings. The lowest BCUT2D eigenvalue weighted by Gasteiger charge is -2.51. The first-order valence-corrected chi connectivity index (χ1v) is 15.2. The van der Waals surface area contributed by atoms with Crippen LogP contribution in [0.1, 0.15) is 90.4 Å². The van der Waals surface area contributed by atoms with Crippen LogP contribution in [0.5, 0.6) is 23.0 Å². The zero-order chi connectivity index (χ0) is 31.8. The van der Waals surface area contributed by atoms with Gasteiger partial charge in [0.1, 0.15) is 28.6 Å². The molecule has 5 rings (SSSR count). The lowest BCUT2D eigenvalue weighted by atomic mass is 9.69. The van der Waals surface area contributed by atoms with Crippen LogP contribution in [0.4, 0.5) is 0 Å². The zero-order valence-electron chi connectivity index (χ0n) is 25.2. The summed E-state index contributed by atoms with van der Waals surface area (Å²) < 4.78 is 24.8. The summed E-state index contributed by atoms with van der Waals surface area (Å²) in [5, 5.41) is -0.748. The number of hydrogen-bond donors (Lipinski definition) is 0. The third kappa shape index (κ3) is 5.35. The van der Waals surface area contributed by atoms with Crippen molar-refractivity contribution in [3.05, 3.63) is 77.7 Å². The van der Waals surface area contributed by atoms with Gasteiger partial charge in [0.05, 0.1) is 32.8 Å². The fraction of sp³-hybridized carbons (Fsp3) is 0.394. The van der Waals surface area contributed by atoms with Crippen molar-refractivity contribution in [3.63, 3.8) is 0 Å². The van der Waals surface area contributed by atoms with E-state index in [2.05, 4.69) is 33.8 Å². The smallest absolute Gasteiger partial charge is 0.346 e. The highest BCUT2D eigenvalue weighted by atomic mass is 35.5. The molecule has 1 atom stereocenters. The number of methoxy groups -OCH3 is 1. The van der Waals surface area contributed by atoms with Crippen LogP contribution < -0.4 is 18.9 Å². The van der Waals surface area contributed by atoms with Gasteiger partial charge in [-0.2, -0.15) is 0 Å². The normalized spacial score (nSPS) is 19.5.